The molecule has 0 unspecified atom stereocenters. The molecule has 1 heterocycles. The Balaban J connectivity index is 1.76. The number of hydrogen-bond acceptors (Lipinski definition) is 5. The lowest BCUT2D eigenvalue weighted by atomic mass is 9.92. The first-order valence-corrected chi connectivity index (χ1v) is 12.5. The molecule has 37 heavy (non-hydrogen) atoms. The summed E-state index contributed by atoms with van der Waals surface area (Å²) in [5, 5.41) is 6.49. The number of ether oxygens (including phenoxy) is 3. The maximum atomic E-state index is 13.1. The summed E-state index contributed by atoms with van der Waals surface area (Å²) in [4.78, 5) is 25.8. The van der Waals surface area contributed by atoms with E-state index in [9.17, 15) is 9.59 Å². The standard InChI is InChI=1S/C28H26Cl2N2O5/c1-3-35-22-15-19(14-21(30)26(22)37-16-17-10-12-20(29)13-11-17)25-23(27(33)36-4-2)24(31-28(34)32-25)18-8-6-5-7-9-18/h5-15,25H,3-4,16H2,1-2H3,(H2,31,32,34)/t25-/m0/s1. The van der Waals surface area contributed by atoms with Crippen molar-refractivity contribution in [3.63, 3.8) is 0 Å². The van der Waals surface area contributed by atoms with Crippen molar-refractivity contribution in [1.29, 1.82) is 0 Å². The molecule has 0 aliphatic carbocycles. The molecule has 0 bridgehead atoms. The predicted molar refractivity (Wildman–Crippen MR) is 143 cm³/mol. The Kier molecular flexibility index (Phi) is 8.58. The molecule has 7 nitrogen and oxygen atoms in total. The number of esters is 1. The Morgan fingerprint density at radius 2 is 1.68 bits per heavy atom. The number of rotatable bonds is 9. The summed E-state index contributed by atoms with van der Waals surface area (Å²) in [5.41, 5.74) is 2.73. The van der Waals surface area contributed by atoms with Crippen molar-refractivity contribution in [2.45, 2.75) is 26.5 Å². The predicted octanol–water partition coefficient (Wildman–Crippen LogP) is 6.30. The summed E-state index contributed by atoms with van der Waals surface area (Å²) >= 11 is 12.6. The van der Waals surface area contributed by atoms with Crippen molar-refractivity contribution in [3.8, 4) is 11.5 Å². The molecular formula is C28H26Cl2N2O5. The molecular weight excluding hydrogens is 515 g/mol. The molecule has 0 radical (unpaired) electrons. The molecule has 3 aromatic rings. The number of carbonyl (C=O) groups is 2. The van der Waals surface area contributed by atoms with Gasteiger partial charge in [-0.2, -0.15) is 0 Å². The fourth-order valence-corrected chi connectivity index (χ4v) is 4.37. The third-order valence-corrected chi connectivity index (χ3v) is 6.12. The summed E-state index contributed by atoms with van der Waals surface area (Å²) < 4.78 is 17.2. The quantitative estimate of drug-likeness (QED) is 0.311. The first kappa shape index (κ1) is 26.4. The number of nitrogens with one attached hydrogen (secondary N) is 2. The van der Waals surface area contributed by atoms with Crippen LogP contribution in [0.4, 0.5) is 4.79 Å². The molecule has 4 rings (SSSR count). The Morgan fingerprint density at radius 3 is 2.35 bits per heavy atom. The van der Waals surface area contributed by atoms with E-state index >= 15 is 0 Å². The summed E-state index contributed by atoms with van der Waals surface area (Å²) in [6.07, 6.45) is 0. The maximum absolute atomic E-state index is 13.1. The first-order chi connectivity index (χ1) is 17.9. The molecule has 3 aromatic carbocycles. The van der Waals surface area contributed by atoms with Crippen LogP contribution in [0.3, 0.4) is 0 Å². The van der Waals surface area contributed by atoms with E-state index in [4.69, 9.17) is 37.4 Å². The van der Waals surface area contributed by atoms with Crippen molar-refractivity contribution in [3.05, 3.63) is 99.0 Å². The van der Waals surface area contributed by atoms with Gasteiger partial charge in [0.25, 0.3) is 0 Å². The van der Waals surface area contributed by atoms with E-state index in [0.717, 1.165) is 5.56 Å². The molecule has 1 atom stereocenters. The third kappa shape index (κ3) is 6.18. The monoisotopic (exact) mass is 540 g/mol. The zero-order chi connectivity index (χ0) is 26.4. The average Bonchev–Trinajstić information content (AvgIpc) is 2.89. The minimum Gasteiger partial charge on any atom is -0.490 e. The smallest absolute Gasteiger partial charge is 0.338 e. The lowest BCUT2D eigenvalue weighted by molar-refractivity contribution is -0.138. The third-order valence-electron chi connectivity index (χ3n) is 5.59. The molecule has 0 fully saturated rings. The molecule has 2 amide bonds. The summed E-state index contributed by atoms with van der Waals surface area (Å²) in [6, 6.07) is 18.5. The Morgan fingerprint density at radius 1 is 0.946 bits per heavy atom. The molecule has 2 N–H and O–H groups in total. The van der Waals surface area contributed by atoms with Crippen LogP contribution in [0.15, 0.2) is 72.3 Å². The number of amides is 2. The van der Waals surface area contributed by atoms with Crippen LogP contribution in [0, 0.1) is 0 Å². The van der Waals surface area contributed by atoms with Gasteiger partial charge in [0.1, 0.15) is 6.61 Å². The van der Waals surface area contributed by atoms with Crippen LogP contribution in [0.2, 0.25) is 10.0 Å². The van der Waals surface area contributed by atoms with Gasteiger partial charge < -0.3 is 24.8 Å². The first-order valence-electron chi connectivity index (χ1n) is 11.8. The van der Waals surface area contributed by atoms with Crippen LogP contribution in [-0.4, -0.2) is 25.2 Å². The van der Waals surface area contributed by atoms with Crippen LogP contribution in [0.1, 0.15) is 36.6 Å². The van der Waals surface area contributed by atoms with Gasteiger partial charge in [-0.15, -0.1) is 0 Å². The zero-order valence-electron chi connectivity index (χ0n) is 20.3. The van der Waals surface area contributed by atoms with Gasteiger partial charge in [0.15, 0.2) is 11.5 Å². The molecule has 0 saturated heterocycles. The summed E-state index contributed by atoms with van der Waals surface area (Å²) in [5.74, 6) is 0.180. The second-order valence-electron chi connectivity index (χ2n) is 8.08. The molecule has 9 heteroatoms. The fourth-order valence-electron chi connectivity index (χ4n) is 3.97. The number of hydrogen-bond donors (Lipinski definition) is 2. The van der Waals surface area contributed by atoms with E-state index in [1.165, 1.54) is 0 Å². The molecule has 0 aromatic heterocycles. The van der Waals surface area contributed by atoms with Gasteiger partial charge in [0.2, 0.25) is 0 Å². The highest BCUT2D eigenvalue weighted by Gasteiger charge is 2.35. The van der Waals surface area contributed by atoms with Crippen molar-refractivity contribution >= 4 is 40.9 Å². The van der Waals surface area contributed by atoms with Crippen LogP contribution < -0.4 is 20.1 Å². The SMILES string of the molecule is CCOC(=O)C1=C(c2ccccc2)NC(=O)N[C@H]1c1cc(Cl)c(OCc2ccc(Cl)cc2)c(OCC)c1. The Labute approximate surface area is 225 Å². The molecule has 0 saturated carbocycles. The minimum atomic E-state index is -0.843. The average molecular weight is 541 g/mol. The van der Waals surface area contributed by atoms with Crippen LogP contribution >= 0.6 is 23.2 Å². The molecule has 1 aliphatic rings. The lowest BCUT2D eigenvalue weighted by Crippen LogP contribution is -2.45. The lowest BCUT2D eigenvalue weighted by Gasteiger charge is -2.30. The number of urea groups is 1. The van der Waals surface area contributed by atoms with Crippen LogP contribution in [0.25, 0.3) is 5.70 Å². The van der Waals surface area contributed by atoms with E-state index in [-0.39, 0.29) is 23.8 Å². The molecule has 1 aliphatic heterocycles. The van der Waals surface area contributed by atoms with E-state index in [0.29, 0.717) is 40.0 Å². The normalized spacial score (nSPS) is 15.0. The minimum absolute atomic E-state index is 0.174. The highest BCUT2D eigenvalue weighted by molar-refractivity contribution is 6.32. The molecule has 0 spiro atoms. The van der Waals surface area contributed by atoms with Gasteiger partial charge in [0.05, 0.1) is 35.5 Å². The van der Waals surface area contributed by atoms with Crippen molar-refractivity contribution in [2.24, 2.45) is 0 Å². The highest BCUT2D eigenvalue weighted by atomic mass is 35.5. The second-order valence-corrected chi connectivity index (χ2v) is 8.93. The highest BCUT2D eigenvalue weighted by Crippen LogP contribution is 2.41. The Hall–Kier alpha value is -3.68. The van der Waals surface area contributed by atoms with Gasteiger partial charge in [-0.1, -0.05) is 65.7 Å². The van der Waals surface area contributed by atoms with Crippen molar-refractivity contribution < 1.29 is 23.8 Å². The number of benzene rings is 3. The van der Waals surface area contributed by atoms with Crippen LogP contribution in [-0.2, 0) is 16.1 Å². The van der Waals surface area contributed by atoms with Crippen LogP contribution in [0.5, 0.6) is 11.5 Å². The largest absolute Gasteiger partial charge is 0.490 e. The number of halogens is 2. The van der Waals surface area contributed by atoms with Crippen molar-refractivity contribution in [2.75, 3.05) is 13.2 Å². The van der Waals surface area contributed by atoms with E-state index in [1.54, 1.807) is 31.2 Å². The Bertz CT molecular complexity index is 1310. The van der Waals surface area contributed by atoms with E-state index in [2.05, 4.69) is 10.6 Å². The fraction of sp³-hybridized carbons (Fsp3) is 0.214. The second kappa shape index (κ2) is 12.0. The van der Waals surface area contributed by atoms with E-state index in [1.807, 2.05) is 49.4 Å². The maximum Gasteiger partial charge on any atom is 0.338 e. The topological polar surface area (TPSA) is 85.9 Å². The summed E-state index contributed by atoms with van der Waals surface area (Å²) in [7, 11) is 0. The van der Waals surface area contributed by atoms with Gasteiger partial charge >= 0.3 is 12.0 Å². The van der Waals surface area contributed by atoms with Gasteiger partial charge in [-0.3, -0.25) is 0 Å². The van der Waals surface area contributed by atoms with Gasteiger partial charge in [-0.25, -0.2) is 9.59 Å². The number of carbonyl (C=O) groups excluding carboxylic acids is 2. The van der Waals surface area contributed by atoms with E-state index < -0.39 is 18.0 Å². The van der Waals surface area contributed by atoms with Gasteiger partial charge in [0, 0.05) is 5.02 Å². The zero-order valence-corrected chi connectivity index (χ0v) is 21.9. The van der Waals surface area contributed by atoms with Gasteiger partial charge in [-0.05, 0) is 54.8 Å². The summed E-state index contributed by atoms with van der Waals surface area (Å²) in [6.45, 7) is 4.33. The van der Waals surface area contributed by atoms with Crippen molar-refractivity contribution in [1.82, 2.24) is 10.6 Å². The molecule has 192 valence electrons.